The Hall–Kier alpha value is -2.73. The van der Waals surface area contributed by atoms with E-state index in [9.17, 15) is 4.79 Å². The number of carbonyl (C=O) groups is 1. The molecule has 1 fully saturated rings. The predicted molar refractivity (Wildman–Crippen MR) is 103 cm³/mol. The van der Waals surface area contributed by atoms with Crippen LogP contribution in [-0.2, 0) is 11.3 Å². The van der Waals surface area contributed by atoms with Gasteiger partial charge in [-0.05, 0) is 42.7 Å². The van der Waals surface area contributed by atoms with Gasteiger partial charge in [0.25, 0.3) is 0 Å². The molecule has 6 heteroatoms. The lowest BCUT2D eigenvalue weighted by molar-refractivity contribution is -0.122. The molecule has 0 aromatic heterocycles. The summed E-state index contributed by atoms with van der Waals surface area (Å²) in [7, 11) is 0. The lowest BCUT2D eigenvalue weighted by Crippen LogP contribution is -2.58. The van der Waals surface area contributed by atoms with Gasteiger partial charge in [-0.1, -0.05) is 18.2 Å². The third kappa shape index (κ3) is 3.00. The second kappa shape index (κ2) is 6.46. The number of hydrogen-bond donors (Lipinski definition) is 2. The van der Waals surface area contributed by atoms with Crippen LogP contribution in [0, 0.1) is 0 Å². The van der Waals surface area contributed by atoms with Crippen LogP contribution in [0.3, 0.4) is 0 Å². The third-order valence-corrected chi connectivity index (χ3v) is 5.71. The number of amides is 1. The topological polar surface area (TPSA) is 62.8 Å². The van der Waals surface area contributed by atoms with Crippen molar-refractivity contribution in [3.63, 3.8) is 0 Å². The zero-order valence-electron chi connectivity index (χ0n) is 15.2. The number of benzene rings is 2. The SMILES string of the molecule is O=C1Nc2ccccc2NC12CCN(Cc1ccc3c(c1)OCCO3)CC2. The van der Waals surface area contributed by atoms with Gasteiger partial charge in [-0.25, -0.2) is 0 Å². The Balaban J connectivity index is 1.26. The first-order chi connectivity index (χ1) is 13.2. The summed E-state index contributed by atoms with van der Waals surface area (Å²) in [6.45, 7) is 3.81. The molecule has 140 valence electrons. The van der Waals surface area contributed by atoms with Crippen molar-refractivity contribution in [2.24, 2.45) is 0 Å². The average Bonchev–Trinajstić information content (AvgIpc) is 2.70. The van der Waals surface area contributed by atoms with E-state index in [1.807, 2.05) is 30.3 Å². The Bertz CT molecular complexity index is 875. The van der Waals surface area contributed by atoms with Crippen LogP contribution in [0.4, 0.5) is 11.4 Å². The van der Waals surface area contributed by atoms with Crippen molar-refractivity contribution in [3.8, 4) is 11.5 Å². The molecular formula is C21H23N3O3. The van der Waals surface area contributed by atoms with E-state index in [1.54, 1.807) is 0 Å². The number of hydrogen-bond acceptors (Lipinski definition) is 5. The zero-order chi connectivity index (χ0) is 18.3. The quantitative estimate of drug-likeness (QED) is 0.857. The molecule has 0 aliphatic carbocycles. The number of piperidine rings is 1. The number of anilines is 2. The second-order valence-electron chi connectivity index (χ2n) is 7.46. The van der Waals surface area contributed by atoms with E-state index in [-0.39, 0.29) is 5.91 Å². The van der Waals surface area contributed by atoms with Crippen LogP contribution < -0.4 is 20.1 Å². The van der Waals surface area contributed by atoms with Gasteiger partial charge in [-0.15, -0.1) is 0 Å². The molecule has 2 aromatic carbocycles. The highest BCUT2D eigenvalue weighted by atomic mass is 16.6. The summed E-state index contributed by atoms with van der Waals surface area (Å²) in [5, 5.41) is 6.58. The summed E-state index contributed by atoms with van der Waals surface area (Å²) < 4.78 is 11.3. The number of fused-ring (bicyclic) bond motifs is 2. The van der Waals surface area contributed by atoms with Gasteiger partial charge in [-0.3, -0.25) is 9.69 Å². The predicted octanol–water partition coefficient (Wildman–Crippen LogP) is 2.86. The first kappa shape index (κ1) is 16.4. The number of ether oxygens (including phenoxy) is 2. The van der Waals surface area contributed by atoms with Gasteiger partial charge in [-0.2, -0.15) is 0 Å². The van der Waals surface area contributed by atoms with Crippen molar-refractivity contribution in [2.75, 3.05) is 36.9 Å². The summed E-state index contributed by atoms with van der Waals surface area (Å²) in [6.07, 6.45) is 1.58. The molecule has 3 aliphatic rings. The smallest absolute Gasteiger partial charge is 0.250 e. The minimum absolute atomic E-state index is 0.0835. The monoisotopic (exact) mass is 365 g/mol. The molecule has 27 heavy (non-hydrogen) atoms. The van der Waals surface area contributed by atoms with Crippen LogP contribution in [0.1, 0.15) is 18.4 Å². The Kier molecular flexibility index (Phi) is 3.93. The summed E-state index contributed by atoms with van der Waals surface area (Å²) in [6, 6.07) is 14.0. The molecule has 6 nitrogen and oxygen atoms in total. The fraction of sp³-hybridized carbons (Fsp3) is 0.381. The van der Waals surface area contributed by atoms with Gasteiger partial charge in [0.2, 0.25) is 5.91 Å². The van der Waals surface area contributed by atoms with E-state index < -0.39 is 5.54 Å². The maximum atomic E-state index is 12.7. The van der Waals surface area contributed by atoms with E-state index >= 15 is 0 Å². The van der Waals surface area contributed by atoms with Crippen molar-refractivity contribution in [1.29, 1.82) is 0 Å². The molecule has 2 N–H and O–H groups in total. The fourth-order valence-electron chi connectivity index (χ4n) is 4.15. The first-order valence-corrected chi connectivity index (χ1v) is 9.51. The molecular weight excluding hydrogens is 342 g/mol. The van der Waals surface area contributed by atoms with Crippen molar-refractivity contribution in [3.05, 3.63) is 48.0 Å². The number of nitrogens with zero attached hydrogens (tertiary/aromatic N) is 1. The first-order valence-electron chi connectivity index (χ1n) is 9.51. The van der Waals surface area contributed by atoms with E-state index in [4.69, 9.17) is 9.47 Å². The lowest BCUT2D eigenvalue weighted by Gasteiger charge is -2.44. The third-order valence-electron chi connectivity index (χ3n) is 5.71. The number of para-hydroxylation sites is 2. The number of carbonyl (C=O) groups excluding carboxylic acids is 1. The molecule has 3 heterocycles. The highest BCUT2D eigenvalue weighted by Crippen LogP contribution is 2.37. The van der Waals surface area contributed by atoms with Crippen LogP contribution in [0.2, 0.25) is 0 Å². The van der Waals surface area contributed by atoms with Crippen molar-refractivity contribution >= 4 is 17.3 Å². The summed E-state index contributed by atoms with van der Waals surface area (Å²) >= 11 is 0. The van der Waals surface area contributed by atoms with E-state index in [2.05, 4.69) is 27.7 Å². The number of rotatable bonds is 2. The molecule has 1 spiro atoms. The minimum Gasteiger partial charge on any atom is -0.486 e. The Morgan fingerprint density at radius 1 is 0.963 bits per heavy atom. The second-order valence-corrected chi connectivity index (χ2v) is 7.46. The molecule has 0 radical (unpaired) electrons. The van der Waals surface area contributed by atoms with Gasteiger partial charge >= 0.3 is 0 Å². The molecule has 5 rings (SSSR count). The van der Waals surface area contributed by atoms with Crippen LogP contribution in [0.5, 0.6) is 11.5 Å². The van der Waals surface area contributed by atoms with E-state index in [0.717, 1.165) is 55.3 Å². The molecule has 1 saturated heterocycles. The molecule has 0 unspecified atom stereocenters. The van der Waals surface area contributed by atoms with Gasteiger partial charge < -0.3 is 20.1 Å². The molecule has 1 amide bonds. The fourth-order valence-corrected chi connectivity index (χ4v) is 4.15. The highest BCUT2D eigenvalue weighted by Gasteiger charge is 2.44. The van der Waals surface area contributed by atoms with Crippen LogP contribution in [0.15, 0.2) is 42.5 Å². The number of nitrogens with one attached hydrogen (secondary N) is 2. The average molecular weight is 365 g/mol. The molecule has 2 aromatic rings. The standard InChI is InChI=1S/C21H23N3O3/c25-20-21(23-17-4-2-1-3-16(17)22-20)7-9-24(10-8-21)14-15-5-6-18-19(13-15)27-12-11-26-18/h1-6,13,23H,7-12,14H2,(H,22,25). The van der Waals surface area contributed by atoms with Gasteiger partial charge in [0, 0.05) is 19.6 Å². The minimum atomic E-state index is -0.502. The van der Waals surface area contributed by atoms with Crippen molar-refractivity contribution in [1.82, 2.24) is 4.90 Å². The lowest BCUT2D eigenvalue weighted by atomic mass is 9.84. The van der Waals surface area contributed by atoms with Gasteiger partial charge in [0.05, 0.1) is 11.4 Å². The highest BCUT2D eigenvalue weighted by molar-refractivity contribution is 6.06. The normalized spacial score (nSPS) is 20.5. The van der Waals surface area contributed by atoms with Gasteiger partial charge in [0.1, 0.15) is 18.8 Å². The summed E-state index contributed by atoms with van der Waals surface area (Å²) in [5.41, 5.74) is 2.59. The maximum absolute atomic E-state index is 12.7. The molecule has 0 atom stereocenters. The van der Waals surface area contributed by atoms with E-state index in [0.29, 0.717) is 13.2 Å². The molecule has 0 saturated carbocycles. The Labute approximate surface area is 158 Å². The zero-order valence-corrected chi connectivity index (χ0v) is 15.2. The van der Waals surface area contributed by atoms with Crippen molar-refractivity contribution < 1.29 is 14.3 Å². The Morgan fingerprint density at radius 2 is 1.70 bits per heavy atom. The van der Waals surface area contributed by atoms with Crippen LogP contribution >= 0.6 is 0 Å². The maximum Gasteiger partial charge on any atom is 0.250 e. The molecule has 0 bridgehead atoms. The summed E-state index contributed by atoms with van der Waals surface area (Å²) in [4.78, 5) is 15.1. The van der Waals surface area contributed by atoms with Gasteiger partial charge in [0.15, 0.2) is 11.5 Å². The van der Waals surface area contributed by atoms with Crippen LogP contribution in [-0.4, -0.2) is 42.6 Å². The van der Waals surface area contributed by atoms with Crippen molar-refractivity contribution in [2.45, 2.75) is 24.9 Å². The largest absolute Gasteiger partial charge is 0.486 e. The summed E-state index contributed by atoms with van der Waals surface area (Å²) in [5.74, 6) is 1.74. The van der Waals surface area contributed by atoms with E-state index in [1.165, 1.54) is 5.56 Å². The molecule has 3 aliphatic heterocycles. The van der Waals surface area contributed by atoms with Crippen LogP contribution in [0.25, 0.3) is 0 Å². The number of likely N-dealkylation sites (tertiary alicyclic amines) is 1. The Morgan fingerprint density at radius 3 is 2.52 bits per heavy atom.